The van der Waals surface area contributed by atoms with Gasteiger partial charge in [-0.3, -0.25) is 0 Å². The molecular formula is C5H5OSSn. The van der Waals surface area contributed by atoms with Crippen molar-refractivity contribution in [1.82, 2.24) is 0 Å². The molecule has 0 unspecified atom stereocenters. The molecular weight excluding hydrogens is 227 g/mol. The first-order valence-corrected chi connectivity index (χ1v) is 4.00. The van der Waals surface area contributed by atoms with Crippen LogP contribution in [-0.2, 0) is 3.08 Å². The van der Waals surface area contributed by atoms with E-state index in [4.69, 9.17) is 3.08 Å². The summed E-state index contributed by atoms with van der Waals surface area (Å²) in [5, 5.41) is 2.02. The van der Waals surface area contributed by atoms with Crippen molar-refractivity contribution in [3.05, 3.63) is 29.3 Å². The first-order chi connectivity index (χ1) is 3.89. The molecule has 0 N–H and O–H groups in total. The Kier molecular flexibility index (Phi) is 5.64. The van der Waals surface area contributed by atoms with Crippen molar-refractivity contribution < 1.29 is 3.08 Å². The Labute approximate surface area is 66.2 Å². The van der Waals surface area contributed by atoms with Gasteiger partial charge in [0.2, 0.25) is 0 Å². The maximum absolute atomic E-state index is 8.34. The molecule has 8 heavy (non-hydrogen) atoms. The Morgan fingerprint density at radius 1 is 1.62 bits per heavy atom. The van der Waals surface area contributed by atoms with Crippen LogP contribution in [0.15, 0.2) is 17.5 Å². The Balaban J connectivity index is 0.000000222. The molecule has 0 aliphatic heterocycles. The molecule has 0 spiro atoms. The molecule has 0 saturated heterocycles. The van der Waals surface area contributed by atoms with E-state index >= 15 is 0 Å². The Hall–Kier alpha value is 0.299. The summed E-state index contributed by atoms with van der Waals surface area (Å²) in [7, 11) is 0. The van der Waals surface area contributed by atoms with E-state index in [0.29, 0.717) is 22.5 Å². The maximum atomic E-state index is 8.34. The SMILES string of the molecule is [CH2]c1cccs1.[O]=[Sn]. The van der Waals surface area contributed by atoms with Crippen LogP contribution in [0.1, 0.15) is 4.88 Å². The predicted molar refractivity (Wildman–Crippen MR) is 35.2 cm³/mol. The van der Waals surface area contributed by atoms with Gasteiger partial charge in [0, 0.05) is 4.88 Å². The van der Waals surface area contributed by atoms with Gasteiger partial charge in [-0.05, 0) is 18.4 Å². The van der Waals surface area contributed by atoms with Crippen LogP contribution in [0.5, 0.6) is 0 Å². The fourth-order valence-corrected chi connectivity index (χ4v) is 0.802. The molecule has 0 aliphatic rings. The molecule has 0 atom stereocenters. The molecule has 41 valence electrons. The van der Waals surface area contributed by atoms with E-state index in [9.17, 15) is 0 Å². The molecule has 0 bridgehead atoms. The topological polar surface area (TPSA) is 17.1 Å². The second kappa shape index (κ2) is 5.44. The van der Waals surface area contributed by atoms with E-state index in [-0.39, 0.29) is 0 Å². The zero-order valence-corrected chi connectivity index (χ0v) is 7.93. The van der Waals surface area contributed by atoms with Crippen LogP contribution in [0.25, 0.3) is 0 Å². The van der Waals surface area contributed by atoms with E-state index in [0.717, 1.165) is 4.88 Å². The van der Waals surface area contributed by atoms with E-state index in [1.807, 2.05) is 17.5 Å². The predicted octanol–water partition coefficient (Wildman–Crippen LogP) is 1.43. The molecule has 1 aromatic rings. The monoisotopic (exact) mass is 233 g/mol. The van der Waals surface area contributed by atoms with E-state index in [2.05, 4.69) is 6.92 Å². The number of rotatable bonds is 0. The van der Waals surface area contributed by atoms with Crippen LogP contribution in [-0.4, -0.2) is 22.5 Å². The molecule has 0 aromatic carbocycles. The van der Waals surface area contributed by atoms with Crippen molar-refractivity contribution in [3.63, 3.8) is 0 Å². The van der Waals surface area contributed by atoms with Gasteiger partial charge in [-0.15, -0.1) is 11.3 Å². The van der Waals surface area contributed by atoms with Gasteiger partial charge in [0.05, 0.1) is 0 Å². The van der Waals surface area contributed by atoms with E-state index in [1.165, 1.54) is 0 Å². The standard InChI is InChI=1S/C5H5S.O.Sn/c1-5-3-2-4-6-5;;/h2-4H,1H2;;. The molecule has 0 saturated carbocycles. The third kappa shape index (κ3) is 3.32. The summed E-state index contributed by atoms with van der Waals surface area (Å²) in [5.74, 6) is 0. The van der Waals surface area contributed by atoms with Crippen LogP contribution >= 0.6 is 11.3 Å². The van der Waals surface area contributed by atoms with Gasteiger partial charge in [0.1, 0.15) is 0 Å². The third-order valence-electron chi connectivity index (χ3n) is 0.580. The average Bonchev–Trinajstić information content (AvgIpc) is 2.24. The first kappa shape index (κ1) is 8.30. The van der Waals surface area contributed by atoms with Crippen molar-refractivity contribution in [1.29, 1.82) is 0 Å². The van der Waals surface area contributed by atoms with Crippen LogP contribution < -0.4 is 0 Å². The molecule has 1 rings (SSSR count). The van der Waals surface area contributed by atoms with Gasteiger partial charge in [-0.2, -0.15) is 0 Å². The second-order valence-electron chi connectivity index (χ2n) is 1.08. The summed E-state index contributed by atoms with van der Waals surface area (Å²) in [5.41, 5.74) is 0. The van der Waals surface area contributed by atoms with Gasteiger partial charge < -0.3 is 0 Å². The van der Waals surface area contributed by atoms with Crippen molar-refractivity contribution in [2.45, 2.75) is 0 Å². The van der Waals surface area contributed by atoms with Gasteiger partial charge in [0.15, 0.2) is 0 Å². The van der Waals surface area contributed by atoms with Gasteiger partial charge >= 0.3 is 25.6 Å². The van der Waals surface area contributed by atoms with Crippen molar-refractivity contribution in [2.75, 3.05) is 0 Å². The summed E-state index contributed by atoms with van der Waals surface area (Å²) in [4.78, 5) is 1.13. The summed E-state index contributed by atoms with van der Waals surface area (Å²) in [6.07, 6.45) is 0. The van der Waals surface area contributed by atoms with E-state index in [1.54, 1.807) is 11.3 Å². The zero-order chi connectivity index (χ0) is 6.41. The van der Waals surface area contributed by atoms with Crippen LogP contribution in [0, 0.1) is 6.92 Å². The average molecular weight is 232 g/mol. The molecule has 1 nitrogen and oxygen atoms in total. The zero-order valence-electron chi connectivity index (χ0n) is 4.26. The first-order valence-electron chi connectivity index (χ1n) is 1.95. The summed E-state index contributed by atoms with van der Waals surface area (Å²) < 4.78 is 8.34. The second-order valence-corrected chi connectivity index (χ2v) is 2.11. The number of thiophene rings is 1. The third-order valence-corrected chi connectivity index (χ3v) is 1.31. The molecule has 0 aliphatic carbocycles. The quantitative estimate of drug-likeness (QED) is 0.618. The van der Waals surface area contributed by atoms with Crippen LogP contribution in [0.4, 0.5) is 0 Å². The molecule has 0 fully saturated rings. The fraction of sp³-hybridized carbons (Fsp3) is 0. The van der Waals surface area contributed by atoms with Gasteiger partial charge in [0.25, 0.3) is 0 Å². The minimum absolute atomic E-state index is 0.300. The normalized spacial score (nSPS) is 7.12. The summed E-state index contributed by atoms with van der Waals surface area (Å²) in [6, 6.07) is 3.98. The molecule has 1 aromatic heterocycles. The molecule has 3 radical (unpaired) electrons. The summed E-state index contributed by atoms with van der Waals surface area (Å²) >= 11 is 1.97. The van der Waals surface area contributed by atoms with Crippen LogP contribution in [0.2, 0.25) is 0 Å². The molecule has 0 amide bonds. The fourth-order valence-electron chi connectivity index (χ4n) is 0.313. The minimum atomic E-state index is 0.300. The van der Waals surface area contributed by atoms with Crippen molar-refractivity contribution >= 4 is 33.8 Å². The van der Waals surface area contributed by atoms with Gasteiger partial charge in [-0.1, -0.05) is 6.07 Å². The Morgan fingerprint density at radius 2 is 2.25 bits per heavy atom. The number of hydrogen-bond donors (Lipinski definition) is 0. The van der Waals surface area contributed by atoms with Gasteiger partial charge in [-0.25, -0.2) is 0 Å². The van der Waals surface area contributed by atoms with Crippen molar-refractivity contribution in [2.24, 2.45) is 0 Å². The summed E-state index contributed by atoms with van der Waals surface area (Å²) in [6.45, 7) is 3.70. The van der Waals surface area contributed by atoms with E-state index < -0.39 is 0 Å². The number of hydrogen-bond acceptors (Lipinski definition) is 2. The Bertz CT molecular complexity index is 127. The molecule has 3 heteroatoms. The Morgan fingerprint density at radius 3 is 2.38 bits per heavy atom. The van der Waals surface area contributed by atoms with Crippen molar-refractivity contribution in [3.8, 4) is 0 Å². The van der Waals surface area contributed by atoms with Crippen LogP contribution in [0.3, 0.4) is 0 Å². The molecule has 1 heterocycles.